The summed E-state index contributed by atoms with van der Waals surface area (Å²) in [5.74, 6) is -0.608. The zero-order valence-electron chi connectivity index (χ0n) is 37.8. The highest BCUT2D eigenvalue weighted by Crippen LogP contribution is 2.47. The molecule has 358 valence electrons. The Labute approximate surface area is 368 Å². The fraction of sp³-hybridized carbons (Fsp3) is 0.851. The van der Waals surface area contributed by atoms with Crippen LogP contribution in [0.25, 0.3) is 0 Å². The Morgan fingerprint density at radius 2 is 0.967 bits per heavy atom. The minimum absolute atomic E-state index is 0.258. The van der Waals surface area contributed by atoms with Crippen LogP contribution in [0.15, 0.2) is 36.5 Å². The molecule has 1 rings (SSSR count). The van der Waals surface area contributed by atoms with Crippen molar-refractivity contribution in [2.24, 2.45) is 0 Å². The van der Waals surface area contributed by atoms with Gasteiger partial charge in [-0.2, -0.15) is 0 Å². The van der Waals surface area contributed by atoms with Gasteiger partial charge in [-0.25, -0.2) is 4.57 Å². The van der Waals surface area contributed by atoms with Gasteiger partial charge in [-0.15, -0.1) is 0 Å². The summed E-state index contributed by atoms with van der Waals surface area (Å²) < 4.78 is 22.8. The number of rotatable bonds is 39. The average Bonchev–Trinajstić information content (AvgIpc) is 3.23. The minimum Gasteiger partial charge on any atom is -0.393 e. The Hall–Kier alpha value is -1.48. The van der Waals surface area contributed by atoms with E-state index in [9.17, 15) is 50.0 Å². The molecule has 1 aliphatic rings. The average molecular weight is 890 g/mol. The van der Waals surface area contributed by atoms with Gasteiger partial charge in [0.25, 0.3) is 0 Å². The first kappa shape index (κ1) is 57.5. The van der Waals surface area contributed by atoms with Crippen molar-refractivity contribution in [3.63, 3.8) is 0 Å². The highest BCUT2D eigenvalue weighted by molar-refractivity contribution is 7.47. The second-order valence-electron chi connectivity index (χ2n) is 17.1. The van der Waals surface area contributed by atoms with Crippen molar-refractivity contribution >= 4 is 13.7 Å². The van der Waals surface area contributed by atoms with Crippen molar-refractivity contribution < 1.29 is 59.0 Å². The van der Waals surface area contributed by atoms with Gasteiger partial charge in [0.2, 0.25) is 5.91 Å². The van der Waals surface area contributed by atoms with E-state index in [1.165, 1.54) is 102 Å². The highest BCUT2D eigenvalue weighted by atomic mass is 31.2. The van der Waals surface area contributed by atoms with Crippen LogP contribution in [0.1, 0.15) is 194 Å². The Morgan fingerprint density at radius 1 is 0.574 bits per heavy atom. The number of aliphatic hydroxyl groups is 7. The summed E-state index contributed by atoms with van der Waals surface area (Å²) in [6, 6.07) is -1.26. The molecule has 0 spiro atoms. The summed E-state index contributed by atoms with van der Waals surface area (Å²) >= 11 is 0. The maximum atomic E-state index is 13.0. The zero-order chi connectivity index (χ0) is 45.1. The number of unbranched alkanes of at least 4 members (excludes halogenated alkanes) is 22. The van der Waals surface area contributed by atoms with Crippen LogP contribution in [-0.4, -0.2) is 108 Å². The molecule has 0 heterocycles. The number of hydrogen-bond donors (Lipinski definition) is 9. The van der Waals surface area contributed by atoms with Crippen LogP contribution in [-0.2, 0) is 18.4 Å². The molecule has 8 atom stereocenters. The molecule has 9 N–H and O–H groups in total. The molecular weight excluding hydrogens is 801 g/mol. The predicted octanol–water partition coefficient (Wildman–Crippen LogP) is 8.14. The lowest BCUT2D eigenvalue weighted by molar-refractivity contribution is -0.220. The molecule has 1 fully saturated rings. The number of phosphoric acid groups is 1. The number of phosphoric ester groups is 1. The zero-order valence-corrected chi connectivity index (χ0v) is 38.7. The molecule has 1 saturated carbocycles. The van der Waals surface area contributed by atoms with E-state index in [0.29, 0.717) is 12.8 Å². The van der Waals surface area contributed by atoms with Gasteiger partial charge in [0.15, 0.2) is 0 Å². The number of nitrogens with one attached hydrogen (secondary N) is 1. The smallest absolute Gasteiger partial charge is 0.393 e. The second kappa shape index (κ2) is 36.8. The minimum atomic E-state index is -5.15. The molecule has 1 aliphatic carbocycles. The molecule has 8 unspecified atom stereocenters. The van der Waals surface area contributed by atoms with Crippen molar-refractivity contribution in [3.05, 3.63) is 36.5 Å². The van der Waals surface area contributed by atoms with Crippen LogP contribution in [0.2, 0.25) is 0 Å². The van der Waals surface area contributed by atoms with Crippen molar-refractivity contribution in [1.29, 1.82) is 0 Å². The monoisotopic (exact) mass is 890 g/mol. The maximum absolute atomic E-state index is 13.0. The third-order valence-electron chi connectivity index (χ3n) is 11.4. The fourth-order valence-corrected chi connectivity index (χ4v) is 8.45. The van der Waals surface area contributed by atoms with Gasteiger partial charge in [-0.1, -0.05) is 166 Å². The summed E-state index contributed by atoms with van der Waals surface area (Å²) in [7, 11) is -5.15. The molecule has 1 amide bonds. The van der Waals surface area contributed by atoms with Gasteiger partial charge in [-0.05, 0) is 57.8 Å². The number of carbonyl (C=O) groups excluding carboxylic acids is 1. The summed E-state index contributed by atoms with van der Waals surface area (Å²) in [6.07, 6.45) is 28.1. The van der Waals surface area contributed by atoms with Crippen LogP contribution < -0.4 is 5.32 Å². The van der Waals surface area contributed by atoms with E-state index in [0.717, 1.165) is 64.2 Å². The number of amides is 1. The van der Waals surface area contributed by atoms with E-state index < -0.39 is 75.2 Å². The van der Waals surface area contributed by atoms with E-state index in [1.807, 2.05) is 0 Å². The van der Waals surface area contributed by atoms with Gasteiger partial charge in [0, 0.05) is 0 Å². The van der Waals surface area contributed by atoms with Crippen LogP contribution in [0, 0.1) is 0 Å². The fourth-order valence-electron chi connectivity index (χ4n) is 7.49. The highest BCUT2D eigenvalue weighted by Gasteiger charge is 2.51. The van der Waals surface area contributed by atoms with Crippen LogP contribution in [0.3, 0.4) is 0 Å². The normalized spacial score (nSPS) is 23.5. The number of allylic oxidation sites excluding steroid dienone is 5. The summed E-state index contributed by atoms with van der Waals surface area (Å²) in [5.41, 5.74) is 0. The van der Waals surface area contributed by atoms with Crippen molar-refractivity contribution in [2.75, 3.05) is 6.61 Å². The first-order valence-corrected chi connectivity index (χ1v) is 25.5. The summed E-state index contributed by atoms with van der Waals surface area (Å²) in [6.45, 7) is 3.72. The van der Waals surface area contributed by atoms with Gasteiger partial charge in [0.05, 0.1) is 31.3 Å². The quantitative estimate of drug-likeness (QED) is 0.0162. The standard InChI is InChI=1S/C47H88NO12P/c1-3-5-7-9-11-13-15-17-19-20-21-22-24-26-28-30-32-34-38(49)36-41(51)48-39(37-59-61(57,58)60-47-45(55)43(53)42(52)44(54)46(47)56)40(50)35-33-31-29-27-25-23-18-16-14-12-10-8-6-4-2/h20-21,25,27,33,35,38-40,42-47,49-50,52-56H,3-19,22-24,26,28-32,34,36-37H2,1-2H3,(H,48,51)(H,57,58)/b21-20-,27-25+,35-33+. The lowest BCUT2D eigenvalue weighted by atomic mass is 9.85. The van der Waals surface area contributed by atoms with Gasteiger partial charge >= 0.3 is 7.82 Å². The van der Waals surface area contributed by atoms with E-state index in [2.05, 4.69) is 43.5 Å². The number of hydrogen-bond acceptors (Lipinski definition) is 11. The second-order valence-corrected chi connectivity index (χ2v) is 18.5. The number of carbonyl (C=O) groups is 1. The Kier molecular flexibility index (Phi) is 34.7. The SMILES string of the molecule is CCCCCCCCCC/C=C\CCCCCCCC(O)CC(=O)NC(COP(=O)(O)OC1C(O)C(O)C(O)C(O)C1O)C(O)/C=C/CC/C=C/CCCCCCCCCC. The van der Waals surface area contributed by atoms with Gasteiger partial charge in [-0.3, -0.25) is 13.8 Å². The molecular formula is C47H88NO12P. The maximum Gasteiger partial charge on any atom is 0.472 e. The third-order valence-corrected chi connectivity index (χ3v) is 12.4. The van der Waals surface area contributed by atoms with Crippen molar-refractivity contribution in [3.8, 4) is 0 Å². The Balaban J connectivity index is 2.55. The molecule has 0 aromatic carbocycles. The first-order valence-electron chi connectivity index (χ1n) is 24.0. The first-order chi connectivity index (χ1) is 29.3. The molecule has 14 heteroatoms. The van der Waals surface area contributed by atoms with E-state index >= 15 is 0 Å². The Morgan fingerprint density at radius 3 is 1.44 bits per heavy atom. The van der Waals surface area contributed by atoms with Crippen LogP contribution in [0.5, 0.6) is 0 Å². The molecule has 0 bridgehead atoms. The molecule has 0 aromatic rings. The van der Waals surface area contributed by atoms with E-state index in [4.69, 9.17) is 9.05 Å². The van der Waals surface area contributed by atoms with Gasteiger partial charge < -0.3 is 46.0 Å². The van der Waals surface area contributed by atoms with Crippen molar-refractivity contribution in [1.82, 2.24) is 5.32 Å². The molecule has 0 saturated heterocycles. The van der Waals surface area contributed by atoms with E-state index in [-0.39, 0.29) is 6.42 Å². The molecule has 0 radical (unpaired) electrons. The lowest BCUT2D eigenvalue weighted by Gasteiger charge is -2.41. The lowest BCUT2D eigenvalue weighted by Crippen LogP contribution is -2.64. The molecule has 61 heavy (non-hydrogen) atoms. The largest absolute Gasteiger partial charge is 0.472 e. The van der Waals surface area contributed by atoms with Crippen LogP contribution >= 0.6 is 7.82 Å². The third kappa shape index (κ3) is 28.8. The summed E-state index contributed by atoms with van der Waals surface area (Å²) in [4.78, 5) is 23.4. The molecule has 13 nitrogen and oxygen atoms in total. The predicted molar refractivity (Wildman–Crippen MR) is 243 cm³/mol. The van der Waals surface area contributed by atoms with Gasteiger partial charge in [0.1, 0.15) is 36.6 Å². The van der Waals surface area contributed by atoms with Crippen molar-refractivity contribution in [2.45, 2.75) is 249 Å². The summed E-state index contributed by atoms with van der Waals surface area (Å²) in [5, 5.41) is 74.4. The molecule has 0 aliphatic heterocycles. The molecule has 0 aromatic heterocycles. The Bertz CT molecular complexity index is 1190. The number of aliphatic hydroxyl groups excluding tert-OH is 7. The van der Waals surface area contributed by atoms with Crippen LogP contribution in [0.4, 0.5) is 0 Å². The topological polar surface area (TPSA) is 226 Å². The van der Waals surface area contributed by atoms with E-state index in [1.54, 1.807) is 6.08 Å².